The highest BCUT2D eigenvalue weighted by atomic mass is 14.4. The van der Waals surface area contributed by atoms with E-state index in [1.807, 2.05) is 0 Å². The van der Waals surface area contributed by atoms with Crippen molar-refractivity contribution in [3.05, 3.63) is 404 Å². The number of rotatable bonds is 9. The molecule has 2 unspecified atom stereocenters. The second kappa shape index (κ2) is 19.0. The lowest BCUT2D eigenvalue weighted by Crippen LogP contribution is -2.30. The molecule has 388 valence electrons. The van der Waals surface area contributed by atoms with E-state index in [9.17, 15) is 0 Å². The third-order valence-electron chi connectivity index (χ3n) is 19.2. The van der Waals surface area contributed by atoms with Crippen LogP contribution in [0.5, 0.6) is 0 Å². The van der Waals surface area contributed by atoms with Crippen molar-refractivity contribution >= 4 is 0 Å². The molecular formula is C83H56. The summed E-state index contributed by atoms with van der Waals surface area (Å²) in [6.07, 6.45) is 0. The van der Waals surface area contributed by atoms with Gasteiger partial charge in [0, 0.05) is 23.7 Å². The van der Waals surface area contributed by atoms with Gasteiger partial charge in [-0.25, -0.2) is 0 Å². The molecule has 17 rings (SSSR count). The van der Waals surface area contributed by atoms with E-state index in [1.54, 1.807) is 0 Å². The van der Waals surface area contributed by atoms with Crippen LogP contribution in [0.1, 0.15) is 113 Å². The topological polar surface area (TPSA) is 0 Å². The van der Waals surface area contributed by atoms with E-state index in [-0.39, 0.29) is 23.7 Å². The van der Waals surface area contributed by atoms with E-state index in [0.717, 1.165) is 0 Å². The van der Waals surface area contributed by atoms with Crippen LogP contribution >= 0.6 is 0 Å². The predicted octanol–water partition coefficient (Wildman–Crippen LogP) is 20.4. The lowest BCUT2D eigenvalue weighted by Gasteiger charge is -2.37. The molecule has 83 heavy (non-hydrogen) atoms. The molecule has 0 amide bonds. The summed E-state index contributed by atoms with van der Waals surface area (Å²) in [4.78, 5) is 0. The Hall–Kier alpha value is -10.1. The Morgan fingerprint density at radius 3 is 0.771 bits per heavy atom. The van der Waals surface area contributed by atoms with E-state index >= 15 is 0 Å². The molecule has 0 saturated heterocycles. The van der Waals surface area contributed by atoms with Crippen molar-refractivity contribution in [3.63, 3.8) is 0 Å². The van der Waals surface area contributed by atoms with Gasteiger partial charge >= 0.3 is 0 Å². The molecule has 0 nitrogen and oxygen atoms in total. The lowest BCUT2D eigenvalue weighted by atomic mass is 9.65. The molecule has 0 N–H and O–H groups in total. The Morgan fingerprint density at radius 2 is 0.434 bits per heavy atom. The Bertz CT molecular complexity index is 4280. The maximum absolute atomic E-state index is 2.57. The quantitative estimate of drug-likeness (QED) is 0.126. The van der Waals surface area contributed by atoms with E-state index in [0.29, 0.717) is 0 Å². The van der Waals surface area contributed by atoms with E-state index in [1.165, 1.54) is 145 Å². The minimum Gasteiger partial charge on any atom is -0.0622 e. The van der Waals surface area contributed by atoms with Crippen molar-refractivity contribution in [3.8, 4) is 55.6 Å². The van der Waals surface area contributed by atoms with Gasteiger partial charge in [-0.3, -0.25) is 0 Å². The molecule has 4 aliphatic carbocycles. The fraction of sp³-hybridized carbons (Fsp3) is 0.0602. The summed E-state index contributed by atoms with van der Waals surface area (Å²) in [7, 11) is 0. The minimum absolute atomic E-state index is 0.0271. The Labute approximate surface area is 486 Å². The third-order valence-corrected chi connectivity index (χ3v) is 19.2. The maximum Gasteiger partial charge on any atom is 0.0701 e. The second-order valence-electron chi connectivity index (χ2n) is 23.3. The highest BCUT2D eigenvalue weighted by Crippen LogP contribution is 2.56. The van der Waals surface area contributed by atoms with Crippen LogP contribution in [0.25, 0.3) is 55.6 Å². The number of fused-ring (bicyclic) bond motifs is 12. The molecule has 0 spiro atoms. The molecule has 0 saturated carbocycles. The Morgan fingerprint density at radius 1 is 0.169 bits per heavy atom. The monoisotopic (exact) mass is 1050 g/mol. The fourth-order valence-electron chi connectivity index (χ4n) is 15.7. The van der Waals surface area contributed by atoms with Gasteiger partial charge in [-0.2, -0.15) is 0 Å². The first-order chi connectivity index (χ1) is 41.2. The second-order valence-corrected chi connectivity index (χ2v) is 23.3. The maximum atomic E-state index is 2.57. The number of hydrogen-bond donors (Lipinski definition) is 0. The highest BCUT2D eigenvalue weighted by molar-refractivity contribution is 5.88. The van der Waals surface area contributed by atoms with Crippen molar-refractivity contribution in [2.24, 2.45) is 0 Å². The van der Waals surface area contributed by atoms with Crippen LogP contribution in [-0.4, -0.2) is 0 Å². The van der Waals surface area contributed by atoms with Crippen LogP contribution in [0.2, 0.25) is 0 Å². The summed E-state index contributed by atoms with van der Waals surface area (Å²) in [5.41, 5.74) is 33.8. The lowest BCUT2D eigenvalue weighted by molar-refractivity contribution is 0.745. The largest absolute Gasteiger partial charge is 0.0701 e. The van der Waals surface area contributed by atoms with Gasteiger partial charge < -0.3 is 0 Å². The third kappa shape index (κ3) is 7.26. The summed E-state index contributed by atoms with van der Waals surface area (Å²) in [5, 5.41) is 0. The molecule has 2 atom stereocenters. The summed E-state index contributed by atoms with van der Waals surface area (Å²) >= 11 is 0. The molecule has 0 heterocycles. The minimum atomic E-state index is -0.549. The van der Waals surface area contributed by atoms with Crippen LogP contribution in [0, 0.1) is 0 Å². The van der Waals surface area contributed by atoms with Crippen molar-refractivity contribution in [2.45, 2.75) is 29.1 Å². The molecule has 13 aromatic rings. The van der Waals surface area contributed by atoms with Gasteiger partial charge in [0.2, 0.25) is 0 Å². The molecule has 0 aliphatic heterocycles. The van der Waals surface area contributed by atoms with Gasteiger partial charge in [-0.05, 0) is 157 Å². The van der Waals surface area contributed by atoms with Crippen LogP contribution in [-0.2, 0) is 5.41 Å². The first-order valence-corrected chi connectivity index (χ1v) is 29.4. The van der Waals surface area contributed by atoms with Gasteiger partial charge in [0.1, 0.15) is 0 Å². The van der Waals surface area contributed by atoms with Gasteiger partial charge in [-0.15, -0.1) is 0 Å². The molecule has 0 aromatic heterocycles. The first kappa shape index (κ1) is 47.6. The fourth-order valence-corrected chi connectivity index (χ4v) is 15.7. The smallest absolute Gasteiger partial charge is 0.0622 e. The average molecular weight is 1050 g/mol. The summed E-state index contributed by atoms with van der Waals surface area (Å²) in [6, 6.07) is 120. The molecule has 13 aromatic carbocycles. The van der Waals surface area contributed by atoms with E-state index in [4.69, 9.17) is 0 Å². The molecule has 4 aliphatic rings. The van der Waals surface area contributed by atoms with Gasteiger partial charge in [-0.1, -0.05) is 303 Å². The zero-order chi connectivity index (χ0) is 54.6. The predicted molar refractivity (Wildman–Crippen MR) is 341 cm³/mol. The van der Waals surface area contributed by atoms with Crippen molar-refractivity contribution in [1.82, 2.24) is 0 Å². The van der Waals surface area contributed by atoms with Crippen molar-refractivity contribution < 1.29 is 0 Å². The molecular weight excluding hydrogens is 997 g/mol. The standard InChI is InChI=1S/C83H56/c1-4-22-59(23-5-1)83(60-24-6-2-7-25-60,61-26-8-3-9-27-61)62-44-40-53(41-45-62)56-48-57(81-73-38-20-14-32-67(73)77-51-54(42-46-75(77)81)79-69-34-16-10-28-63(69)64-29-11-17-35-70(64)79)50-58(49-56)82-74-39-21-15-33-68(74)78-52-55(43-47-76(78)82)80-71-36-18-12-30-65(71)66-31-13-19-37-72(66)80/h1-52,79-82H. The Kier molecular flexibility index (Phi) is 10.9. The first-order valence-electron chi connectivity index (χ1n) is 29.4. The normalized spacial score (nSPS) is 15.1. The van der Waals surface area contributed by atoms with Crippen LogP contribution < -0.4 is 0 Å². The SMILES string of the molecule is c1ccc(C(c2ccccc2)(c2ccccc2)c2ccc(-c3cc(C4c5ccccc5-c5cc(C6c7ccccc7-c7ccccc76)ccc54)cc(C4c5ccccc5-c5cc(C6c7ccccc7-c7ccccc76)ccc54)c3)cc2)cc1. The van der Waals surface area contributed by atoms with Crippen LogP contribution in [0.15, 0.2) is 315 Å². The van der Waals surface area contributed by atoms with Gasteiger partial charge in [0.15, 0.2) is 0 Å². The van der Waals surface area contributed by atoms with Crippen LogP contribution in [0.3, 0.4) is 0 Å². The molecule has 0 heteroatoms. The summed E-state index contributed by atoms with van der Waals surface area (Å²) in [5.74, 6) is 0.392. The van der Waals surface area contributed by atoms with Crippen molar-refractivity contribution in [1.29, 1.82) is 0 Å². The van der Waals surface area contributed by atoms with Crippen LogP contribution in [0.4, 0.5) is 0 Å². The average Bonchev–Trinajstić information content (AvgIpc) is 3.06. The Balaban J connectivity index is 0.851. The van der Waals surface area contributed by atoms with E-state index < -0.39 is 5.41 Å². The number of benzene rings is 13. The van der Waals surface area contributed by atoms with Crippen molar-refractivity contribution in [2.75, 3.05) is 0 Å². The molecule has 0 radical (unpaired) electrons. The van der Waals surface area contributed by atoms with Gasteiger partial charge in [0.25, 0.3) is 0 Å². The number of hydrogen-bond acceptors (Lipinski definition) is 0. The molecule has 0 bridgehead atoms. The zero-order valence-electron chi connectivity index (χ0n) is 45.8. The summed E-state index contributed by atoms with van der Waals surface area (Å²) in [6.45, 7) is 0. The zero-order valence-corrected chi connectivity index (χ0v) is 45.8. The molecule has 0 fully saturated rings. The van der Waals surface area contributed by atoms with Gasteiger partial charge in [0.05, 0.1) is 5.41 Å². The van der Waals surface area contributed by atoms with E-state index in [2.05, 4.69) is 315 Å². The summed E-state index contributed by atoms with van der Waals surface area (Å²) < 4.78 is 0. The highest BCUT2D eigenvalue weighted by Gasteiger charge is 2.40.